The number of rotatable bonds is 1. The minimum atomic E-state index is 0.499. The fraction of sp³-hybridized carbons (Fsp3) is 0.385. The van der Waals surface area contributed by atoms with E-state index < -0.39 is 0 Å². The molecule has 1 nitrogen and oxygen atoms in total. The molecule has 0 bridgehead atoms. The number of nitrogens with one attached hydrogen (secondary N) is 1. The Bertz CT molecular complexity index is 352. The Morgan fingerprint density at radius 2 is 2.14 bits per heavy atom. The van der Waals surface area contributed by atoms with Gasteiger partial charge in [-0.1, -0.05) is 36.8 Å². The SMILES string of the molecule is CCC1C=C(C)Cc2ccccc2N1. The van der Waals surface area contributed by atoms with Crippen LogP contribution >= 0.6 is 0 Å². The van der Waals surface area contributed by atoms with E-state index in [1.807, 2.05) is 0 Å². The van der Waals surface area contributed by atoms with Crippen molar-refractivity contribution in [1.82, 2.24) is 0 Å². The second kappa shape index (κ2) is 3.87. The van der Waals surface area contributed by atoms with Crippen molar-refractivity contribution in [3.8, 4) is 0 Å². The molecule has 0 aliphatic carbocycles. The molecule has 1 aliphatic heterocycles. The topological polar surface area (TPSA) is 12.0 Å². The third-order valence-corrected chi connectivity index (χ3v) is 2.75. The van der Waals surface area contributed by atoms with Gasteiger partial charge in [-0.15, -0.1) is 0 Å². The van der Waals surface area contributed by atoms with Crippen LogP contribution in [-0.2, 0) is 6.42 Å². The molecule has 0 spiro atoms. The van der Waals surface area contributed by atoms with Crippen LogP contribution in [0.3, 0.4) is 0 Å². The van der Waals surface area contributed by atoms with Crippen LogP contribution in [0, 0.1) is 0 Å². The van der Waals surface area contributed by atoms with E-state index in [0.29, 0.717) is 6.04 Å². The molecule has 1 heterocycles. The Balaban J connectivity index is 2.35. The van der Waals surface area contributed by atoms with E-state index in [-0.39, 0.29) is 0 Å². The van der Waals surface area contributed by atoms with Crippen LogP contribution in [0.15, 0.2) is 35.9 Å². The van der Waals surface area contributed by atoms with Crippen LogP contribution in [0.2, 0.25) is 0 Å². The van der Waals surface area contributed by atoms with Crippen molar-refractivity contribution in [1.29, 1.82) is 0 Å². The lowest BCUT2D eigenvalue weighted by Gasteiger charge is -2.14. The highest BCUT2D eigenvalue weighted by Crippen LogP contribution is 2.24. The second-order valence-corrected chi connectivity index (χ2v) is 4.01. The van der Waals surface area contributed by atoms with Gasteiger partial charge in [0.25, 0.3) is 0 Å². The van der Waals surface area contributed by atoms with Gasteiger partial charge in [0.05, 0.1) is 0 Å². The van der Waals surface area contributed by atoms with Gasteiger partial charge in [0, 0.05) is 11.7 Å². The summed E-state index contributed by atoms with van der Waals surface area (Å²) >= 11 is 0. The highest BCUT2D eigenvalue weighted by atomic mass is 14.9. The molecule has 0 aromatic heterocycles. The number of para-hydroxylation sites is 1. The summed E-state index contributed by atoms with van der Waals surface area (Å²) in [5.74, 6) is 0. The molecule has 1 heteroatoms. The first-order valence-corrected chi connectivity index (χ1v) is 5.31. The third-order valence-electron chi connectivity index (χ3n) is 2.75. The lowest BCUT2D eigenvalue weighted by atomic mass is 10.1. The quantitative estimate of drug-likeness (QED) is 0.665. The van der Waals surface area contributed by atoms with Gasteiger partial charge in [-0.2, -0.15) is 0 Å². The largest absolute Gasteiger partial charge is 0.379 e. The highest BCUT2D eigenvalue weighted by Gasteiger charge is 2.11. The Morgan fingerprint density at radius 1 is 1.36 bits per heavy atom. The summed E-state index contributed by atoms with van der Waals surface area (Å²) in [5.41, 5.74) is 4.18. The standard InChI is InChI=1S/C13H17N/c1-3-12-9-10(2)8-11-6-4-5-7-13(11)14-12/h4-7,9,12,14H,3,8H2,1-2H3. The molecule has 14 heavy (non-hydrogen) atoms. The van der Waals surface area contributed by atoms with Gasteiger partial charge < -0.3 is 5.32 Å². The summed E-state index contributed by atoms with van der Waals surface area (Å²) in [6, 6.07) is 9.08. The number of benzene rings is 1. The average Bonchev–Trinajstić information content (AvgIpc) is 2.35. The van der Waals surface area contributed by atoms with Crippen molar-refractivity contribution in [2.24, 2.45) is 0 Å². The molecule has 0 fully saturated rings. The van der Waals surface area contributed by atoms with Gasteiger partial charge in [-0.25, -0.2) is 0 Å². The van der Waals surface area contributed by atoms with Gasteiger partial charge >= 0.3 is 0 Å². The summed E-state index contributed by atoms with van der Waals surface area (Å²) in [4.78, 5) is 0. The molecular weight excluding hydrogens is 170 g/mol. The van der Waals surface area contributed by atoms with E-state index in [2.05, 4.69) is 49.5 Å². The van der Waals surface area contributed by atoms with Crippen molar-refractivity contribution in [3.05, 3.63) is 41.5 Å². The summed E-state index contributed by atoms with van der Waals surface area (Å²) in [7, 11) is 0. The van der Waals surface area contributed by atoms with E-state index >= 15 is 0 Å². The van der Waals surface area contributed by atoms with Crippen molar-refractivity contribution in [2.75, 3.05) is 5.32 Å². The molecule has 1 unspecified atom stereocenters. The predicted octanol–water partition coefficient (Wildman–Crippen LogP) is 3.38. The third kappa shape index (κ3) is 1.82. The number of hydrogen-bond acceptors (Lipinski definition) is 1. The van der Waals surface area contributed by atoms with Crippen LogP contribution in [0.5, 0.6) is 0 Å². The smallest absolute Gasteiger partial charge is 0.0444 e. The normalized spacial score (nSPS) is 20.4. The Labute approximate surface area is 85.8 Å². The predicted molar refractivity (Wildman–Crippen MR) is 61.6 cm³/mol. The maximum Gasteiger partial charge on any atom is 0.0444 e. The van der Waals surface area contributed by atoms with Gasteiger partial charge in [0.15, 0.2) is 0 Å². The molecular formula is C13H17N. The zero-order chi connectivity index (χ0) is 9.97. The van der Waals surface area contributed by atoms with Crippen molar-refractivity contribution < 1.29 is 0 Å². The molecule has 0 saturated carbocycles. The minimum absolute atomic E-state index is 0.499. The Morgan fingerprint density at radius 3 is 2.93 bits per heavy atom. The van der Waals surface area contributed by atoms with E-state index in [0.717, 1.165) is 12.8 Å². The summed E-state index contributed by atoms with van der Waals surface area (Å²) < 4.78 is 0. The van der Waals surface area contributed by atoms with Gasteiger partial charge in [-0.05, 0) is 31.4 Å². The van der Waals surface area contributed by atoms with Crippen molar-refractivity contribution in [2.45, 2.75) is 32.7 Å². The fourth-order valence-corrected chi connectivity index (χ4v) is 1.98. The second-order valence-electron chi connectivity index (χ2n) is 4.01. The zero-order valence-electron chi connectivity index (χ0n) is 8.88. The van der Waals surface area contributed by atoms with Crippen LogP contribution in [0.4, 0.5) is 5.69 Å². The molecule has 74 valence electrons. The molecule has 1 N–H and O–H groups in total. The van der Waals surface area contributed by atoms with E-state index in [1.165, 1.54) is 16.8 Å². The van der Waals surface area contributed by atoms with Gasteiger partial charge in [0.1, 0.15) is 0 Å². The summed E-state index contributed by atoms with van der Waals surface area (Å²) in [6.07, 6.45) is 4.57. The molecule has 1 aromatic rings. The number of hydrogen-bond donors (Lipinski definition) is 1. The van der Waals surface area contributed by atoms with Crippen LogP contribution < -0.4 is 5.32 Å². The van der Waals surface area contributed by atoms with Gasteiger partial charge in [-0.3, -0.25) is 0 Å². The maximum atomic E-state index is 3.56. The minimum Gasteiger partial charge on any atom is -0.379 e. The van der Waals surface area contributed by atoms with Gasteiger partial charge in [0.2, 0.25) is 0 Å². The average molecular weight is 187 g/mol. The summed E-state index contributed by atoms with van der Waals surface area (Å²) in [5, 5.41) is 3.56. The number of fused-ring (bicyclic) bond motifs is 1. The van der Waals surface area contributed by atoms with E-state index in [4.69, 9.17) is 0 Å². The van der Waals surface area contributed by atoms with E-state index in [1.54, 1.807) is 0 Å². The lowest BCUT2D eigenvalue weighted by molar-refractivity contribution is 0.830. The number of allylic oxidation sites excluding steroid dienone is 1. The molecule has 0 saturated heterocycles. The molecule has 0 amide bonds. The number of anilines is 1. The van der Waals surface area contributed by atoms with Crippen LogP contribution in [-0.4, -0.2) is 6.04 Å². The first-order valence-electron chi connectivity index (χ1n) is 5.31. The summed E-state index contributed by atoms with van der Waals surface area (Å²) in [6.45, 7) is 4.43. The monoisotopic (exact) mass is 187 g/mol. The molecule has 1 aromatic carbocycles. The van der Waals surface area contributed by atoms with Crippen molar-refractivity contribution >= 4 is 5.69 Å². The van der Waals surface area contributed by atoms with Crippen LogP contribution in [0.1, 0.15) is 25.8 Å². The first-order chi connectivity index (χ1) is 6.79. The Kier molecular flexibility index (Phi) is 2.58. The Hall–Kier alpha value is -1.24. The fourth-order valence-electron chi connectivity index (χ4n) is 1.98. The van der Waals surface area contributed by atoms with E-state index in [9.17, 15) is 0 Å². The highest BCUT2D eigenvalue weighted by molar-refractivity contribution is 5.55. The molecule has 2 rings (SSSR count). The molecule has 0 radical (unpaired) electrons. The van der Waals surface area contributed by atoms with Crippen LogP contribution in [0.25, 0.3) is 0 Å². The first kappa shape index (κ1) is 9.32. The zero-order valence-corrected chi connectivity index (χ0v) is 8.88. The molecule has 1 atom stereocenters. The lowest BCUT2D eigenvalue weighted by Crippen LogP contribution is -2.14. The maximum absolute atomic E-state index is 3.56. The van der Waals surface area contributed by atoms with Crippen molar-refractivity contribution in [3.63, 3.8) is 0 Å². The molecule has 1 aliphatic rings.